The minimum absolute atomic E-state index is 0.0519. The van der Waals surface area contributed by atoms with Gasteiger partial charge in [0.2, 0.25) is 5.91 Å². The highest BCUT2D eigenvalue weighted by Crippen LogP contribution is 2.47. The summed E-state index contributed by atoms with van der Waals surface area (Å²) < 4.78 is 40.4. The molecule has 1 aliphatic carbocycles. The topological polar surface area (TPSA) is 32.3 Å². The fourth-order valence-electron chi connectivity index (χ4n) is 4.17. The van der Waals surface area contributed by atoms with Gasteiger partial charge < -0.3 is 10.2 Å². The summed E-state index contributed by atoms with van der Waals surface area (Å²) in [5, 5.41) is 2.73. The molecule has 0 bridgehead atoms. The molecule has 1 N–H and O–H groups in total. The Morgan fingerprint density at radius 3 is 2.60 bits per heavy atom. The second kappa shape index (κ2) is 4.90. The van der Waals surface area contributed by atoms with Crippen LogP contribution >= 0.6 is 0 Å². The van der Waals surface area contributed by atoms with Crippen molar-refractivity contribution in [2.75, 3.05) is 19.6 Å². The maximum atomic E-state index is 13.5. The monoisotopic (exact) mass is 290 g/mol. The van der Waals surface area contributed by atoms with E-state index in [0.717, 1.165) is 32.1 Å². The maximum Gasteiger partial charge on any atom is 0.404 e. The van der Waals surface area contributed by atoms with Crippen LogP contribution in [-0.4, -0.2) is 42.7 Å². The van der Waals surface area contributed by atoms with E-state index >= 15 is 0 Å². The number of likely N-dealkylation sites (tertiary alicyclic amines) is 1. The van der Waals surface area contributed by atoms with Crippen molar-refractivity contribution in [3.05, 3.63) is 0 Å². The van der Waals surface area contributed by atoms with Crippen molar-refractivity contribution < 1.29 is 18.0 Å². The molecule has 2 heterocycles. The first-order valence-corrected chi connectivity index (χ1v) is 7.54. The van der Waals surface area contributed by atoms with Crippen molar-refractivity contribution in [3.8, 4) is 0 Å². The molecule has 0 aromatic rings. The van der Waals surface area contributed by atoms with E-state index in [0.29, 0.717) is 12.5 Å². The summed E-state index contributed by atoms with van der Waals surface area (Å²) in [6, 6.07) is 0.0519. The Balaban J connectivity index is 1.84. The first kappa shape index (κ1) is 14.2. The number of rotatable bonds is 1. The van der Waals surface area contributed by atoms with E-state index in [1.54, 1.807) is 4.90 Å². The van der Waals surface area contributed by atoms with Gasteiger partial charge in [0.05, 0.1) is 0 Å². The van der Waals surface area contributed by atoms with Gasteiger partial charge in [-0.3, -0.25) is 4.79 Å². The van der Waals surface area contributed by atoms with Crippen LogP contribution in [0.15, 0.2) is 0 Å². The fraction of sp³-hybridized carbons (Fsp3) is 0.929. The van der Waals surface area contributed by atoms with Crippen molar-refractivity contribution in [1.82, 2.24) is 10.2 Å². The summed E-state index contributed by atoms with van der Waals surface area (Å²) in [5.74, 6) is -0.253. The van der Waals surface area contributed by atoms with Gasteiger partial charge in [0, 0.05) is 19.1 Å². The van der Waals surface area contributed by atoms with Crippen molar-refractivity contribution in [2.45, 2.75) is 50.7 Å². The molecule has 0 aromatic heterocycles. The Bertz CT molecular complexity index is 390. The Labute approximate surface area is 116 Å². The highest BCUT2D eigenvalue weighted by Gasteiger charge is 2.63. The number of halogens is 3. The molecule has 6 heteroatoms. The van der Waals surface area contributed by atoms with E-state index < -0.39 is 17.5 Å². The zero-order valence-electron chi connectivity index (χ0n) is 11.5. The van der Waals surface area contributed by atoms with Gasteiger partial charge in [-0.2, -0.15) is 13.2 Å². The minimum atomic E-state index is -4.46. The molecule has 2 saturated heterocycles. The van der Waals surface area contributed by atoms with E-state index in [2.05, 4.69) is 5.32 Å². The largest absolute Gasteiger partial charge is 0.404 e. The SMILES string of the molecule is O=C(N1CCC2CCCCC21)C1(C(F)(F)F)CCNC1. The van der Waals surface area contributed by atoms with Crippen LogP contribution in [0, 0.1) is 11.3 Å². The van der Waals surface area contributed by atoms with Gasteiger partial charge in [0.15, 0.2) is 5.41 Å². The lowest BCUT2D eigenvalue weighted by Gasteiger charge is -2.38. The summed E-state index contributed by atoms with van der Waals surface area (Å²) in [6.45, 7) is 0.516. The predicted molar refractivity (Wildman–Crippen MR) is 68.1 cm³/mol. The predicted octanol–water partition coefficient (Wildman–Crippen LogP) is 2.32. The Kier molecular flexibility index (Phi) is 3.47. The summed E-state index contributed by atoms with van der Waals surface area (Å²) >= 11 is 0. The molecule has 0 aromatic carbocycles. The fourth-order valence-corrected chi connectivity index (χ4v) is 4.17. The van der Waals surface area contributed by atoms with E-state index in [-0.39, 0.29) is 25.6 Å². The minimum Gasteiger partial charge on any atom is -0.339 e. The number of fused-ring (bicyclic) bond motifs is 1. The molecule has 1 amide bonds. The van der Waals surface area contributed by atoms with Gasteiger partial charge >= 0.3 is 6.18 Å². The smallest absolute Gasteiger partial charge is 0.339 e. The quantitative estimate of drug-likeness (QED) is 0.804. The first-order valence-electron chi connectivity index (χ1n) is 7.54. The third-order valence-electron chi connectivity index (χ3n) is 5.38. The second-order valence-corrected chi connectivity index (χ2v) is 6.41. The summed E-state index contributed by atoms with van der Waals surface area (Å²) in [5.41, 5.74) is -2.18. The second-order valence-electron chi connectivity index (χ2n) is 6.41. The zero-order chi connectivity index (χ0) is 14.4. The van der Waals surface area contributed by atoms with Crippen LogP contribution in [0.1, 0.15) is 38.5 Å². The molecule has 0 radical (unpaired) electrons. The number of hydrogen-bond acceptors (Lipinski definition) is 2. The van der Waals surface area contributed by atoms with Crippen molar-refractivity contribution >= 4 is 5.91 Å². The normalized spacial score (nSPS) is 38.0. The number of carbonyl (C=O) groups is 1. The van der Waals surface area contributed by atoms with E-state index in [4.69, 9.17) is 0 Å². The highest BCUT2D eigenvalue weighted by molar-refractivity contribution is 5.85. The standard InChI is InChI=1S/C14H21F3N2O/c15-14(16,17)13(6-7-18-9-13)12(20)19-8-5-10-3-1-2-4-11(10)19/h10-11,18H,1-9H2. The van der Waals surface area contributed by atoms with E-state index in [1.165, 1.54) is 0 Å². The molecule has 114 valence electrons. The van der Waals surface area contributed by atoms with E-state index in [9.17, 15) is 18.0 Å². The van der Waals surface area contributed by atoms with Gasteiger partial charge in [-0.25, -0.2) is 0 Å². The number of alkyl halides is 3. The molecule has 20 heavy (non-hydrogen) atoms. The van der Waals surface area contributed by atoms with Gasteiger partial charge in [-0.05, 0) is 38.1 Å². The van der Waals surface area contributed by atoms with Crippen LogP contribution < -0.4 is 5.32 Å². The molecule has 2 aliphatic heterocycles. The van der Waals surface area contributed by atoms with Crippen LogP contribution in [0.3, 0.4) is 0 Å². The van der Waals surface area contributed by atoms with Gasteiger partial charge in [0.1, 0.15) is 0 Å². The van der Waals surface area contributed by atoms with Gasteiger partial charge in [0.25, 0.3) is 0 Å². The molecule has 3 aliphatic rings. The molecular weight excluding hydrogens is 269 g/mol. The maximum absolute atomic E-state index is 13.5. The van der Waals surface area contributed by atoms with Crippen LogP contribution in [-0.2, 0) is 4.79 Å². The molecule has 3 fully saturated rings. The number of carbonyl (C=O) groups excluding carboxylic acids is 1. The van der Waals surface area contributed by atoms with Crippen LogP contribution in [0.25, 0.3) is 0 Å². The zero-order valence-corrected chi connectivity index (χ0v) is 11.5. The Morgan fingerprint density at radius 2 is 1.95 bits per heavy atom. The molecule has 3 unspecified atom stereocenters. The average Bonchev–Trinajstić information content (AvgIpc) is 3.05. The van der Waals surface area contributed by atoms with E-state index in [1.807, 2.05) is 0 Å². The third-order valence-corrected chi connectivity index (χ3v) is 5.38. The average molecular weight is 290 g/mol. The Hall–Kier alpha value is -0.780. The number of nitrogens with zero attached hydrogens (tertiary/aromatic N) is 1. The van der Waals surface area contributed by atoms with Crippen LogP contribution in [0.2, 0.25) is 0 Å². The summed E-state index contributed by atoms with van der Waals surface area (Å²) in [6.07, 6.45) is 0.405. The van der Waals surface area contributed by atoms with Crippen molar-refractivity contribution in [3.63, 3.8) is 0 Å². The van der Waals surface area contributed by atoms with Crippen molar-refractivity contribution in [1.29, 1.82) is 0 Å². The Morgan fingerprint density at radius 1 is 1.20 bits per heavy atom. The van der Waals surface area contributed by atoms with Crippen molar-refractivity contribution in [2.24, 2.45) is 11.3 Å². The number of nitrogens with one attached hydrogen (secondary N) is 1. The first-order chi connectivity index (χ1) is 9.46. The molecule has 0 spiro atoms. The molecule has 3 rings (SSSR count). The number of amides is 1. The third kappa shape index (κ3) is 2.03. The van der Waals surface area contributed by atoms with Crippen LogP contribution in [0.5, 0.6) is 0 Å². The highest BCUT2D eigenvalue weighted by atomic mass is 19.4. The molecular formula is C14H21F3N2O. The van der Waals surface area contributed by atoms with Gasteiger partial charge in [-0.1, -0.05) is 12.8 Å². The number of hydrogen-bond donors (Lipinski definition) is 1. The molecule has 3 nitrogen and oxygen atoms in total. The molecule has 1 saturated carbocycles. The lowest BCUT2D eigenvalue weighted by molar-refractivity contribution is -0.222. The lowest BCUT2D eigenvalue weighted by Crippen LogP contribution is -2.55. The summed E-state index contributed by atoms with van der Waals surface area (Å²) in [7, 11) is 0. The van der Waals surface area contributed by atoms with Crippen LogP contribution in [0.4, 0.5) is 13.2 Å². The van der Waals surface area contributed by atoms with Gasteiger partial charge in [-0.15, -0.1) is 0 Å². The molecule has 3 atom stereocenters. The summed E-state index contributed by atoms with van der Waals surface area (Å²) in [4.78, 5) is 14.2. The lowest BCUT2D eigenvalue weighted by atomic mass is 9.82.